The molecule has 104 valence electrons. The number of rotatable bonds is 3. The molecule has 0 atom stereocenters. The Morgan fingerprint density at radius 1 is 0.950 bits per heavy atom. The third kappa shape index (κ3) is 2.77. The van der Waals surface area contributed by atoms with Gasteiger partial charge in [-0.1, -0.05) is 18.2 Å². The molecule has 0 saturated heterocycles. The number of halogens is 2. The molecule has 2 rings (SSSR count). The van der Waals surface area contributed by atoms with E-state index in [1.165, 1.54) is 13.0 Å². The van der Waals surface area contributed by atoms with Crippen LogP contribution in [0.15, 0.2) is 30.3 Å². The zero-order chi connectivity index (χ0) is 14.9. The van der Waals surface area contributed by atoms with Gasteiger partial charge in [0.2, 0.25) is 0 Å². The smallest absolute Gasteiger partial charge is 0.170 e. The van der Waals surface area contributed by atoms with Crippen LogP contribution in [0.1, 0.15) is 32.6 Å². The predicted octanol–water partition coefficient (Wildman–Crippen LogP) is 4.32. The molecule has 0 radical (unpaired) electrons. The van der Waals surface area contributed by atoms with Crippen LogP contribution in [0.4, 0.5) is 8.78 Å². The Hall–Kier alpha value is -2.03. The van der Waals surface area contributed by atoms with Crippen LogP contribution in [0.2, 0.25) is 0 Å². The van der Waals surface area contributed by atoms with E-state index in [0.29, 0.717) is 0 Å². The monoisotopic (exact) mass is 274 g/mol. The van der Waals surface area contributed by atoms with Gasteiger partial charge in [-0.15, -0.1) is 0 Å². The Labute approximate surface area is 117 Å². The van der Waals surface area contributed by atoms with Crippen LogP contribution < -0.4 is 0 Å². The fourth-order valence-corrected chi connectivity index (χ4v) is 2.25. The first-order valence-corrected chi connectivity index (χ1v) is 6.44. The lowest BCUT2D eigenvalue weighted by molar-refractivity contribution is 0.0988. The largest absolute Gasteiger partial charge is 0.294 e. The molecule has 0 saturated carbocycles. The average molecular weight is 274 g/mol. The molecule has 0 heterocycles. The number of hydrogen-bond acceptors (Lipinski definition) is 1. The van der Waals surface area contributed by atoms with E-state index in [9.17, 15) is 13.6 Å². The number of ketones is 1. The van der Waals surface area contributed by atoms with Crippen molar-refractivity contribution in [3.8, 4) is 0 Å². The summed E-state index contributed by atoms with van der Waals surface area (Å²) in [5.41, 5.74) is 3.12. The Morgan fingerprint density at radius 3 is 2.15 bits per heavy atom. The summed E-state index contributed by atoms with van der Waals surface area (Å²) in [7, 11) is 0. The lowest BCUT2D eigenvalue weighted by Gasteiger charge is -2.10. The molecule has 0 N–H and O–H groups in total. The summed E-state index contributed by atoms with van der Waals surface area (Å²) < 4.78 is 27.0. The Kier molecular flexibility index (Phi) is 3.98. The van der Waals surface area contributed by atoms with Crippen molar-refractivity contribution in [1.29, 1.82) is 0 Å². The van der Waals surface area contributed by atoms with Gasteiger partial charge in [-0.2, -0.15) is 0 Å². The van der Waals surface area contributed by atoms with Gasteiger partial charge in [-0.25, -0.2) is 8.78 Å². The molecule has 3 heteroatoms. The molecule has 0 spiro atoms. The van der Waals surface area contributed by atoms with Crippen LogP contribution in [0.3, 0.4) is 0 Å². The minimum Gasteiger partial charge on any atom is -0.294 e. The van der Waals surface area contributed by atoms with Gasteiger partial charge in [0.05, 0.1) is 5.56 Å². The molecule has 0 aliphatic rings. The van der Waals surface area contributed by atoms with E-state index in [2.05, 4.69) is 0 Å². The molecular weight excluding hydrogens is 258 g/mol. The van der Waals surface area contributed by atoms with Crippen LogP contribution in [-0.2, 0) is 6.42 Å². The van der Waals surface area contributed by atoms with E-state index in [4.69, 9.17) is 0 Å². The zero-order valence-corrected chi connectivity index (χ0v) is 11.8. The van der Waals surface area contributed by atoms with Crippen molar-refractivity contribution in [2.45, 2.75) is 27.2 Å². The normalized spacial score (nSPS) is 10.7. The second-order valence-electron chi connectivity index (χ2n) is 5.05. The molecule has 2 aromatic rings. The van der Waals surface area contributed by atoms with Crippen molar-refractivity contribution in [2.75, 3.05) is 0 Å². The summed E-state index contributed by atoms with van der Waals surface area (Å²) in [6.07, 6.45) is 0.125. The summed E-state index contributed by atoms with van der Waals surface area (Å²) in [6.45, 7) is 5.36. The van der Waals surface area contributed by atoms with Crippen molar-refractivity contribution >= 4 is 5.78 Å². The molecule has 0 amide bonds. The predicted molar refractivity (Wildman–Crippen MR) is 75.0 cm³/mol. The van der Waals surface area contributed by atoms with Gasteiger partial charge in [-0.3, -0.25) is 4.79 Å². The maximum atomic E-state index is 13.7. The first-order valence-electron chi connectivity index (χ1n) is 6.44. The summed E-state index contributed by atoms with van der Waals surface area (Å²) in [6, 6.07) is 7.80. The average Bonchev–Trinajstić information content (AvgIpc) is 2.38. The summed E-state index contributed by atoms with van der Waals surface area (Å²) in [5.74, 6) is -1.77. The fourth-order valence-electron chi connectivity index (χ4n) is 2.25. The maximum absolute atomic E-state index is 13.7. The Bertz CT molecular complexity index is 655. The number of carbonyl (C=O) groups excluding carboxylic acids is 1. The lowest BCUT2D eigenvalue weighted by Crippen LogP contribution is -2.09. The number of aryl methyl sites for hydroxylation is 3. The molecule has 2 aromatic carbocycles. The van der Waals surface area contributed by atoms with E-state index in [-0.39, 0.29) is 23.3 Å². The number of benzene rings is 2. The van der Waals surface area contributed by atoms with Crippen LogP contribution in [-0.4, -0.2) is 5.78 Å². The minimum absolute atomic E-state index is 0.0495. The molecule has 0 bridgehead atoms. The van der Waals surface area contributed by atoms with Gasteiger partial charge in [0.15, 0.2) is 5.78 Å². The van der Waals surface area contributed by atoms with Gasteiger partial charge in [-0.05, 0) is 49.1 Å². The van der Waals surface area contributed by atoms with Crippen molar-refractivity contribution in [3.05, 3.63) is 69.8 Å². The highest BCUT2D eigenvalue weighted by Crippen LogP contribution is 2.19. The number of hydrogen-bond donors (Lipinski definition) is 0. The van der Waals surface area contributed by atoms with Gasteiger partial charge in [0, 0.05) is 12.5 Å². The molecule has 0 unspecified atom stereocenters. The third-order valence-electron chi connectivity index (χ3n) is 3.53. The number of carbonyl (C=O) groups is 1. The van der Waals surface area contributed by atoms with Gasteiger partial charge in [0.1, 0.15) is 11.6 Å². The van der Waals surface area contributed by atoms with Gasteiger partial charge in [0.25, 0.3) is 0 Å². The summed E-state index contributed by atoms with van der Waals surface area (Å²) >= 11 is 0. The SMILES string of the molecule is Cc1cc(C(=O)Cc2c(C)cccc2C)c(F)cc1F. The molecule has 20 heavy (non-hydrogen) atoms. The topological polar surface area (TPSA) is 17.1 Å². The molecule has 0 aliphatic heterocycles. The van der Waals surface area contributed by atoms with Crippen LogP contribution >= 0.6 is 0 Å². The third-order valence-corrected chi connectivity index (χ3v) is 3.53. The maximum Gasteiger partial charge on any atom is 0.170 e. The Morgan fingerprint density at radius 2 is 1.55 bits per heavy atom. The highest BCUT2D eigenvalue weighted by molar-refractivity contribution is 5.98. The summed E-state index contributed by atoms with van der Waals surface area (Å²) in [4.78, 5) is 12.2. The van der Waals surface area contributed by atoms with E-state index in [0.717, 1.165) is 22.8 Å². The minimum atomic E-state index is -0.802. The molecular formula is C17H16F2O. The lowest BCUT2D eigenvalue weighted by atomic mass is 9.95. The van der Waals surface area contributed by atoms with Gasteiger partial charge < -0.3 is 0 Å². The highest BCUT2D eigenvalue weighted by Gasteiger charge is 2.16. The quantitative estimate of drug-likeness (QED) is 0.762. The van der Waals surface area contributed by atoms with Crippen molar-refractivity contribution < 1.29 is 13.6 Å². The molecule has 0 fully saturated rings. The van der Waals surface area contributed by atoms with Crippen LogP contribution in [0.5, 0.6) is 0 Å². The number of Topliss-reactive ketones (excluding diaryl/α,β-unsaturated/α-hetero) is 1. The standard InChI is InChI=1S/C17H16F2O/c1-10-5-4-6-11(2)13(10)8-17(20)14-7-12(3)15(18)9-16(14)19/h4-7,9H,8H2,1-3H3. The highest BCUT2D eigenvalue weighted by atomic mass is 19.1. The zero-order valence-electron chi connectivity index (χ0n) is 11.8. The molecule has 0 aliphatic carbocycles. The van der Waals surface area contributed by atoms with E-state index < -0.39 is 11.6 Å². The van der Waals surface area contributed by atoms with Gasteiger partial charge >= 0.3 is 0 Å². The van der Waals surface area contributed by atoms with E-state index >= 15 is 0 Å². The fraction of sp³-hybridized carbons (Fsp3) is 0.235. The second-order valence-corrected chi connectivity index (χ2v) is 5.05. The van der Waals surface area contributed by atoms with Crippen molar-refractivity contribution in [3.63, 3.8) is 0 Å². The first-order chi connectivity index (χ1) is 9.40. The Balaban J connectivity index is 2.36. The van der Waals surface area contributed by atoms with Crippen molar-refractivity contribution in [1.82, 2.24) is 0 Å². The van der Waals surface area contributed by atoms with E-state index in [1.54, 1.807) is 0 Å². The molecule has 1 nitrogen and oxygen atoms in total. The van der Waals surface area contributed by atoms with Crippen LogP contribution in [0.25, 0.3) is 0 Å². The van der Waals surface area contributed by atoms with Crippen molar-refractivity contribution in [2.24, 2.45) is 0 Å². The first kappa shape index (κ1) is 14.4. The van der Waals surface area contributed by atoms with E-state index in [1.807, 2.05) is 32.0 Å². The molecule has 0 aromatic heterocycles. The van der Waals surface area contributed by atoms with Crippen LogP contribution in [0, 0.1) is 32.4 Å². The second kappa shape index (κ2) is 5.53. The summed E-state index contributed by atoms with van der Waals surface area (Å²) in [5, 5.41) is 0.